The predicted octanol–water partition coefficient (Wildman–Crippen LogP) is 3.53. The Labute approximate surface area is 112 Å². The van der Waals surface area contributed by atoms with Crippen molar-refractivity contribution in [2.75, 3.05) is 6.61 Å². The molecule has 1 atom stereocenters. The summed E-state index contributed by atoms with van der Waals surface area (Å²) in [6.45, 7) is 5.43. The Bertz CT molecular complexity index is 422. The summed E-state index contributed by atoms with van der Waals surface area (Å²) in [7, 11) is 0. The quantitative estimate of drug-likeness (QED) is 0.908. The van der Waals surface area contributed by atoms with Crippen molar-refractivity contribution in [3.05, 3.63) is 34.6 Å². The van der Waals surface area contributed by atoms with Crippen LogP contribution >= 0.6 is 11.6 Å². The summed E-state index contributed by atoms with van der Waals surface area (Å²) in [6, 6.07) is 5.47. The monoisotopic (exact) mass is 271 g/mol. The van der Waals surface area contributed by atoms with Crippen LogP contribution in [0.2, 0.25) is 5.02 Å². The Balaban J connectivity index is 1.93. The van der Waals surface area contributed by atoms with E-state index in [1.807, 2.05) is 0 Å². The van der Waals surface area contributed by atoms with E-state index in [0.29, 0.717) is 18.2 Å². The second kappa shape index (κ2) is 5.55. The van der Waals surface area contributed by atoms with Gasteiger partial charge in [-0.3, -0.25) is 0 Å². The average Bonchev–Trinajstić information content (AvgIpc) is 2.30. The van der Waals surface area contributed by atoms with Gasteiger partial charge in [0, 0.05) is 24.8 Å². The fourth-order valence-corrected chi connectivity index (χ4v) is 2.54. The maximum absolute atomic E-state index is 13.7. The average molecular weight is 272 g/mol. The third-order valence-electron chi connectivity index (χ3n) is 3.31. The Morgan fingerprint density at radius 2 is 2.28 bits per heavy atom. The standard InChI is InChI=1S/C14H19ClFNO/c1-14(2)8-11(6-7-18-14)17-9-10-4-3-5-12(15)13(10)16/h3-5,11,17H,6-9H2,1-2H3. The van der Waals surface area contributed by atoms with Gasteiger partial charge in [-0.1, -0.05) is 23.7 Å². The van der Waals surface area contributed by atoms with Gasteiger partial charge >= 0.3 is 0 Å². The second-order valence-electron chi connectivity index (χ2n) is 5.39. The molecule has 1 unspecified atom stereocenters. The summed E-state index contributed by atoms with van der Waals surface area (Å²) in [5.41, 5.74) is 0.523. The normalized spacial score (nSPS) is 23.0. The zero-order chi connectivity index (χ0) is 13.2. The Hall–Kier alpha value is -0.640. The van der Waals surface area contributed by atoms with E-state index in [2.05, 4.69) is 19.2 Å². The van der Waals surface area contributed by atoms with Gasteiger partial charge in [0.1, 0.15) is 5.82 Å². The molecule has 0 aliphatic carbocycles. The molecule has 2 nitrogen and oxygen atoms in total. The van der Waals surface area contributed by atoms with Gasteiger partial charge < -0.3 is 10.1 Å². The first-order chi connectivity index (χ1) is 8.48. The van der Waals surface area contributed by atoms with E-state index in [1.54, 1.807) is 18.2 Å². The van der Waals surface area contributed by atoms with E-state index in [4.69, 9.17) is 16.3 Å². The van der Waals surface area contributed by atoms with Crippen molar-refractivity contribution < 1.29 is 9.13 Å². The molecule has 0 amide bonds. The van der Waals surface area contributed by atoms with Crippen molar-refractivity contribution in [1.82, 2.24) is 5.32 Å². The van der Waals surface area contributed by atoms with Crippen molar-refractivity contribution >= 4 is 11.6 Å². The van der Waals surface area contributed by atoms with E-state index in [9.17, 15) is 4.39 Å². The van der Waals surface area contributed by atoms with Gasteiger partial charge in [-0.05, 0) is 32.8 Å². The van der Waals surface area contributed by atoms with Gasteiger partial charge in [0.05, 0.1) is 10.6 Å². The molecule has 1 aliphatic rings. The van der Waals surface area contributed by atoms with E-state index in [-0.39, 0.29) is 16.4 Å². The van der Waals surface area contributed by atoms with Crippen LogP contribution in [0.25, 0.3) is 0 Å². The van der Waals surface area contributed by atoms with E-state index in [0.717, 1.165) is 19.4 Å². The number of nitrogens with one attached hydrogen (secondary N) is 1. The highest BCUT2D eigenvalue weighted by Crippen LogP contribution is 2.24. The number of benzene rings is 1. The van der Waals surface area contributed by atoms with Gasteiger partial charge in [-0.25, -0.2) is 4.39 Å². The highest BCUT2D eigenvalue weighted by molar-refractivity contribution is 6.30. The minimum absolute atomic E-state index is 0.0945. The topological polar surface area (TPSA) is 21.3 Å². The lowest BCUT2D eigenvalue weighted by Gasteiger charge is -2.36. The van der Waals surface area contributed by atoms with Crippen molar-refractivity contribution in [2.45, 2.75) is 44.9 Å². The molecule has 1 aromatic carbocycles. The van der Waals surface area contributed by atoms with Crippen molar-refractivity contribution in [1.29, 1.82) is 0 Å². The summed E-state index contributed by atoms with van der Waals surface area (Å²) in [6.07, 6.45) is 1.90. The first-order valence-corrected chi connectivity index (χ1v) is 6.66. The van der Waals surface area contributed by atoms with E-state index >= 15 is 0 Å². The summed E-state index contributed by atoms with van der Waals surface area (Å²) >= 11 is 5.76. The molecule has 0 bridgehead atoms. The number of ether oxygens (including phenoxy) is 1. The van der Waals surface area contributed by atoms with Gasteiger partial charge in [0.2, 0.25) is 0 Å². The van der Waals surface area contributed by atoms with Gasteiger partial charge in [0.15, 0.2) is 0 Å². The molecule has 4 heteroatoms. The molecule has 2 rings (SSSR count). The predicted molar refractivity (Wildman–Crippen MR) is 71.3 cm³/mol. The lowest BCUT2D eigenvalue weighted by Crippen LogP contribution is -2.43. The second-order valence-corrected chi connectivity index (χ2v) is 5.80. The number of halogens is 2. The molecule has 1 saturated heterocycles. The molecule has 0 aromatic heterocycles. The SMILES string of the molecule is CC1(C)CC(NCc2cccc(Cl)c2F)CCO1. The summed E-state index contributed by atoms with van der Waals surface area (Å²) in [5, 5.41) is 3.56. The molecule has 1 aromatic rings. The van der Waals surface area contributed by atoms with Crippen LogP contribution < -0.4 is 5.32 Å². The maximum Gasteiger partial charge on any atom is 0.146 e. The number of rotatable bonds is 3. The number of hydrogen-bond donors (Lipinski definition) is 1. The maximum atomic E-state index is 13.7. The summed E-state index contributed by atoms with van der Waals surface area (Å²) in [5.74, 6) is -0.321. The summed E-state index contributed by atoms with van der Waals surface area (Å²) < 4.78 is 19.4. The lowest BCUT2D eigenvalue weighted by molar-refractivity contribution is -0.0630. The largest absolute Gasteiger partial charge is 0.375 e. The zero-order valence-electron chi connectivity index (χ0n) is 10.8. The minimum atomic E-state index is -0.321. The Morgan fingerprint density at radius 3 is 3.00 bits per heavy atom. The molecule has 1 aliphatic heterocycles. The molecular formula is C14H19ClFNO. The van der Waals surface area contributed by atoms with Crippen LogP contribution in [0.5, 0.6) is 0 Å². The zero-order valence-corrected chi connectivity index (χ0v) is 11.6. The fourth-order valence-electron chi connectivity index (χ4n) is 2.35. The molecule has 100 valence electrons. The first kappa shape index (κ1) is 13.8. The highest BCUT2D eigenvalue weighted by Gasteiger charge is 2.28. The van der Waals surface area contributed by atoms with Crippen LogP contribution in [0.3, 0.4) is 0 Å². The Morgan fingerprint density at radius 1 is 1.50 bits per heavy atom. The third kappa shape index (κ3) is 3.44. The lowest BCUT2D eigenvalue weighted by atomic mass is 9.94. The minimum Gasteiger partial charge on any atom is -0.375 e. The van der Waals surface area contributed by atoms with Crippen LogP contribution in [-0.2, 0) is 11.3 Å². The molecule has 1 N–H and O–H groups in total. The molecule has 0 spiro atoms. The molecule has 18 heavy (non-hydrogen) atoms. The molecule has 0 saturated carbocycles. The van der Waals surface area contributed by atoms with Crippen molar-refractivity contribution in [3.8, 4) is 0 Å². The van der Waals surface area contributed by atoms with Gasteiger partial charge in [-0.2, -0.15) is 0 Å². The molecule has 0 radical (unpaired) electrons. The fraction of sp³-hybridized carbons (Fsp3) is 0.571. The smallest absolute Gasteiger partial charge is 0.146 e. The first-order valence-electron chi connectivity index (χ1n) is 6.28. The molecule has 1 heterocycles. The Kier molecular flexibility index (Phi) is 4.25. The van der Waals surface area contributed by atoms with Crippen molar-refractivity contribution in [2.24, 2.45) is 0 Å². The van der Waals surface area contributed by atoms with Crippen LogP contribution in [0.4, 0.5) is 4.39 Å². The highest BCUT2D eigenvalue weighted by atomic mass is 35.5. The van der Waals surface area contributed by atoms with E-state index in [1.165, 1.54) is 0 Å². The van der Waals surface area contributed by atoms with E-state index < -0.39 is 0 Å². The van der Waals surface area contributed by atoms with Gasteiger partial charge in [-0.15, -0.1) is 0 Å². The van der Waals surface area contributed by atoms with Crippen LogP contribution in [-0.4, -0.2) is 18.2 Å². The van der Waals surface area contributed by atoms with Crippen LogP contribution in [0, 0.1) is 5.82 Å². The molecular weight excluding hydrogens is 253 g/mol. The molecule has 1 fully saturated rings. The van der Waals surface area contributed by atoms with Crippen LogP contribution in [0.15, 0.2) is 18.2 Å². The number of hydrogen-bond acceptors (Lipinski definition) is 2. The van der Waals surface area contributed by atoms with Crippen LogP contribution in [0.1, 0.15) is 32.3 Å². The van der Waals surface area contributed by atoms with Crippen molar-refractivity contribution in [3.63, 3.8) is 0 Å². The summed E-state index contributed by atoms with van der Waals surface area (Å²) in [4.78, 5) is 0. The third-order valence-corrected chi connectivity index (χ3v) is 3.60. The van der Waals surface area contributed by atoms with Gasteiger partial charge in [0.25, 0.3) is 0 Å².